The van der Waals surface area contributed by atoms with Gasteiger partial charge in [0.2, 0.25) is 0 Å². The first-order valence-electron chi connectivity index (χ1n) is 7.11. The summed E-state index contributed by atoms with van der Waals surface area (Å²) in [4.78, 5) is 11.2. The first-order valence-corrected chi connectivity index (χ1v) is 7.11. The molecular formula is C17H28O2. The summed E-state index contributed by atoms with van der Waals surface area (Å²) in [6, 6.07) is 0. The SMILES string of the molecule is C=CC1(C)CCC(C(C)(C)OC(C)=O)CC1C(=C)C. The second kappa shape index (κ2) is 5.52. The molecule has 108 valence electrons. The zero-order valence-corrected chi connectivity index (χ0v) is 13.1. The van der Waals surface area contributed by atoms with Crippen LogP contribution >= 0.6 is 0 Å². The van der Waals surface area contributed by atoms with Crippen molar-refractivity contribution in [2.24, 2.45) is 17.3 Å². The summed E-state index contributed by atoms with van der Waals surface area (Å²) >= 11 is 0. The lowest BCUT2D eigenvalue weighted by Crippen LogP contribution is -2.43. The predicted octanol–water partition coefficient (Wildman–Crippen LogP) is 4.51. The molecule has 0 bridgehead atoms. The maximum atomic E-state index is 11.2. The monoisotopic (exact) mass is 264 g/mol. The van der Waals surface area contributed by atoms with Gasteiger partial charge in [-0.15, -0.1) is 6.58 Å². The second-order valence-corrected chi connectivity index (χ2v) is 6.78. The van der Waals surface area contributed by atoms with Gasteiger partial charge >= 0.3 is 5.97 Å². The van der Waals surface area contributed by atoms with Crippen LogP contribution in [0.5, 0.6) is 0 Å². The van der Waals surface area contributed by atoms with Crippen molar-refractivity contribution in [2.45, 2.75) is 59.5 Å². The van der Waals surface area contributed by atoms with Crippen LogP contribution in [0.25, 0.3) is 0 Å². The van der Waals surface area contributed by atoms with Gasteiger partial charge in [0.05, 0.1) is 0 Å². The van der Waals surface area contributed by atoms with Gasteiger partial charge in [-0.25, -0.2) is 0 Å². The zero-order chi connectivity index (χ0) is 14.8. The molecule has 1 aliphatic carbocycles. The minimum Gasteiger partial charge on any atom is -0.460 e. The Balaban J connectivity index is 2.91. The molecule has 3 unspecified atom stereocenters. The van der Waals surface area contributed by atoms with Gasteiger partial charge in [-0.3, -0.25) is 4.79 Å². The number of hydrogen-bond acceptors (Lipinski definition) is 2. The topological polar surface area (TPSA) is 26.3 Å². The number of esters is 1. The molecule has 1 fully saturated rings. The van der Waals surface area contributed by atoms with Crippen molar-refractivity contribution in [3.63, 3.8) is 0 Å². The fraction of sp³-hybridized carbons (Fsp3) is 0.706. The second-order valence-electron chi connectivity index (χ2n) is 6.78. The highest BCUT2D eigenvalue weighted by Gasteiger charge is 2.44. The minimum absolute atomic E-state index is 0.120. The smallest absolute Gasteiger partial charge is 0.303 e. The first-order chi connectivity index (χ1) is 8.62. The quantitative estimate of drug-likeness (QED) is 0.551. The molecule has 0 radical (unpaired) electrons. The van der Waals surface area contributed by atoms with Crippen LogP contribution in [-0.4, -0.2) is 11.6 Å². The molecule has 0 heterocycles. The van der Waals surface area contributed by atoms with Crippen LogP contribution in [0.15, 0.2) is 24.8 Å². The van der Waals surface area contributed by atoms with E-state index in [9.17, 15) is 4.79 Å². The van der Waals surface area contributed by atoms with Crippen molar-refractivity contribution >= 4 is 5.97 Å². The van der Waals surface area contributed by atoms with Gasteiger partial charge in [0.25, 0.3) is 0 Å². The van der Waals surface area contributed by atoms with E-state index in [1.165, 1.54) is 12.5 Å². The fourth-order valence-electron chi connectivity index (χ4n) is 3.42. The van der Waals surface area contributed by atoms with Crippen LogP contribution in [0.2, 0.25) is 0 Å². The Hall–Kier alpha value is -1.05. The average molecular weight is 264 g/mol. The molecular weight excluding hydrogens is 236 g/mol. The Kier molecular flexibility index (Phi) is 4.65. The minimum atomic E-state index is -0.401. The maximum Gasteiger partial charge on any atom is 0.303 e. The van der Waals surface area contributed by atoms with E-state index in [0.717, 1.165) is 19.3 Å². The van der Waals surface area contributed by atoms with Crippen molar-refractivity contribution in [1.82, 2.24) is 0 Å². The van der Waals surface area contributed by atoms with Crippen LogP contribution < -0.4 is 0 Å². The van der Waals surface area contributed by atoms with E-state index < -0.39 is 5.60 Å². The largest absolute Gasteiger partial charge is 0.460 e. The van der Waals surface area contributed by atoms with Crippen molar-refractivity contribution in [2.75, 3.05) is 0 Å². The Labute approximate surface area is 117 Å². The normalized spacial score (nSPS) is 31.6. The van der Waals surface area contributed by atoms with Crippen LogP contribution in [0.1, 0.15) is 53.9 Å². The number of carbonyl (C=O) groups excluding carboxylic acids is 1. The number of hydrogen-bond donors (Lipinski definition) is 0. The van der Waals surface area contributed by atoms with E-state index in [1.54, 1.807) is 0 Å². The van der Waals surface area contributed by atoms with E-state index >= 15 is 0 Å². The van der Waals surface area contributed by atoms with Crippen LogP contribution in [0.3, 0.4) is 0 Å². The lowest BCUT2D eigenvalue weighted by molar-refractivity contribution is -0.161. The molecule has 0 aliphatic heterocycles. The highest BCUT2D eigenvalue weighted by atomic mass is 16.6. The highest BCUT2D eigenvalue weighted by molar-refractivity contribution is 5.66. The van der Waals surface area contributed by atoms with E-state index in [4.69, 9.17) is 4.74 Å². The highest BCUT2D eigenvalue weighted by Crippen LogP contribution is 2.50. The summed E-state index contributed by atoms with van der Waals surface area (Å²) in [6.07, 6.45) is 5.22. The number of allylic oxidation sites excluding steroid dienone is 2. The standard InChI is InChI=1S/C17H28O2/c1-8-17(7)10-9-14(11-15(17)12(2)3)16(5,6)19-13(4)18/h8,14-15H,1-2,9-11H2,3-7H3. The van der Waals surface area contributed by atoms with Gasteiger partial charge < -0.3 is 4.74 Å². The fourth-order valence-corrected chi connectivity index (χ4v) is 3.42. The van der Waals surface area contributed by atoms with Crippen LogP contribution in [-0.2, 0) is 9.53 Å². The van der Waals surface area contributed by atoms with E-state index in [-0.39, 0.29) is 11.4 Å². The summed E-state index contributed by atoms with van der Waals surface area (Å²) in [5.74, 6) is 0.596. The lowest BCUT2D eigenvalue weighted by Gasteiger charge is -2.47. The summed E-state index contributed by atoms with van der Waals surface area (Å²) in [5, 5.41) is 0. The van der Waals surface area contributed by atoms with Crippen LogP contribution in [0.4, 0.5) is 0 Å². The molecule has 19 heavy (non-hydrogen) atoms. The van der Waals surface area contributed by atoms with E-state index in [0.29, 0.717) is 11.8 Å². The molecule has 2 heteroatoms. The molecule has 1 saturated carbocycles. The number of ether oxygens (including phenoxy) is 1. The Morgan fingerprint density at radius 1 is 1.42 bits per heavy atom. The van der Waals surface area contributed by atoms with Gasteiger partial charge in [0.15, 0.2) is 0 Å². The summed E-state index contributed by atoms with van der Waals surface area (Å²) < 4.78 is 5.51. The van der Waals surface area contributed by atoms with Gasteiger partial charge in [0, 0.05) is 6.92 Å². The predicted molar refractivity (Wildman–Crippen MR) is 79.8 cm³/mol. The molecule has 1 rings (SSSR count). The molecule has 0 aromatic rings. The van der Waals surface area contributed by atoms with Gasteiger partial charge in [-0.1, -0.05) is 25.2 Å². The third-order valence-electron chi connectivity index (χ3n) is 4.80. The molecule has 0 aromatic carbocycles. The number of rotatable bonds is 4. The van der Waals surface area contributed by atoms with Crippen molar-refractivity contribution in [1.29, 1.82) is 0 Å². The Morgan fingerprint density at radius 3 is 2.42 bits per heavy atom. The third kappa shape index (κ3) is 3.49. The molecule has 0 amide bonds. The zero-order valence-electron chi connectivity index (χ0n) is 13.1. The molecule has 3 atom stereocenters. The van der Waals surface area contributed by atoms with Crippen molar-refractivity contribution in [3.05, 3.63) is 24.8 Å². The van der Waals surface area contributed by atoms with E-state index in [1.807, 2.05) is 13.8 Å². The summed E-state index contributed by atoms with van der Waals surface area (Å²) in [5.41, 5.74) is 0.919. The van der Waals surface area contributed by atoms with Crippen LogP contribution in [0, 0.1) is 17.3 Å². The van der Waals surface area contributed by atoms with Gasteiger partial charge in [0.1, 0.15) is 5.60 Å². The molecule has 0 saturated heterocycles. The summed E-state index contributed by atoms with van der Waals surface area (Å²) in [7, 11) is 0. The van der Waals surface area contributed by atoms with Crippen molar-refractivity contribution in [3.8, 4) is 0 Å². The molecule has 0 aromatic heterocycles. The number of carbonyl (C=O) groups is 1. The molecule has 0 N–H and O–H groups in total. The molecule has 2 nitrogen and oxygen atoms in total. The molecule has 0 spiro atoms. The van der Waals surface area contributed by atoms with Crippen molar-refractivity contribution < 1.29 is 9.53 Å². The van der Waals surface area contributed by atoms with E-state index in [2.05, 4.69) is 33.1 Å². The Morgan fingerprint density at radius 2 is 2.00 bits per heavy atom. The third-order valence-corrected chi connectivity index (χ3v) is 4.80. The Bertz CT molecular complexity index is 381. The van der Waals surface area contributed by atoms with Gasteiger partial charge in [-0.2, -0.15) is 0 Å². The maximum absolute atomic E-state index is 11.2. The first kappa shape index (κ1) is 16.0. The molecule has 1 aliphatic rings. The average Bonchev–Trinajstić information content (AvgIpc) is 2.27. The lowest BCUT2D eigenvalue weighted by atomic mass is 9.60. The van der Waals surface area contributed by atoms with Gasteiger partial charge in [-0.05, 0) is 57.3 Å². The summed E-state index contributed by atoms with van der Waals surface area (Å²) in [6.45, 7) is 18.0.